The second-order valence-corrected chi connectivity index (χ2v) is 6.07. The first-order valence-corrected chi connectivity index (χ1v) is 8.06. The molecule has 2 rings (SSSR count). The Morgan fingerprint density at radius 1 is 1.36 bits per heavy atom. The number of nitrogens with one attached hydrogen (secondary N) is 1. The first kappa shape index (κ1) is 16.5. The Labute approximate surface area is 132 Å². The van der Waals surface area contributed by atoms with Gasteiger partial charge in [0, 0.05) is 12.5 Å². The molecule has 1 N–H and O–H groups in total. The van der Waals surface area contributed by atoms with Crippen LogP contribution in [0.1, 0.15) is 67.4 Å². The first-order valence-electron chi connectivity index (χ1n) is 8.06. The topological polar surface area (TPSA) is 55.4 Å². The largest absolute Gasteiger partial charge is 0.483 e. The molecular formula is C18H25NO3. The summed E-state index contributed by atoms with van der Waals surface area (Å²) in [7, 11) is 0. The van der Waals surface area contributed by atoms with Gasteiger partial charge in [0.15, 0.2) is 12.4 Å². The minimum atomic E-state index is -0.137. The summed E-state index contributed by atoms with van der Waals surface area (Å²) >= 11 is 0. The van der Waals surface area contributed by atoms with Crippen LogP contribution in [0.4, 0.5) is 0 Å². The molecule has 1 aliphatic rings. The average molecular weight is 303 g/mol. The Morgan fingerprint density at radius 3 is 2.68 bits per heavy atom. The van der Waals surface area contributed by atoms with Crippen LogP contribution in [-0.4, -0.2) is 24.3 Å². The van der Waals surface area contributed by atoms with Crippen LogP contribution in [0.2, 0.25) is 0 Å². The molecule has 1 unspecified atom stereocenters. The standard InChI is InChI=1S/C18H25NO3/c1-5-13(6-2)19-16(21)10-22-15-8-7-11(3)17-12(4)9-14(20)18(15)17/h7-8,12-13H,5-6,9-10H2,1-4H3,(H,19,21). The highest BCUT2D eigenvalue weighted by Gasteiger charge is 2.31. The molecular weight excluding hydrogens is 278 g/mol. The van der Waals surface area contributed by atoms with Gasteiger partial charge in [0.25, 0.3) is 5.91 Å². The summed E-state index contributed by atoms with van der Waals surface area (Å²) < 4.78 is 5.64. The van der Waals surface area contributed by atoms with Gasteiger partial charge >= 0.3 is 0 Å². The summed E-state index contributed by atoms with van der Waals surface area (Å²) in [6.07, 6.45) is 2.33. The zero-order valence-corrected chi connectivity index (χ0v) is 13.9. The smallest absolute Gasteiger partial charge is 0.258 e. The van der Waals surface area contributed by atoms with Crippen molar-refractivity contribution in [2.24, 2.45) is 0 Å². The number of hydrogen-bond donors (Lipinski definition) is 1. The van der Waals surface area contributed by atoms with Crippen LogP contribution in [0.5, 0.6) is 5.75 Å². The summed E-state index contributed by atoms with van der Waals surface area (Å²) in [6, 6.07) is 3.94. The summed E-state index contributed by atoms with van der Waals surface area (Å²) in [4.78, 5) is 24.1. The van der Waals surface area contributed by atoms with Gasteiger partial charge in [-0.2, -0.15) is 0 Å². The predicted molar refractivity (Wildman–Crippen MR) is 86.5 cm³/mol. The fourth-order valence-electron chi connectivity index (χ4n) is 3.13. The Hall–Kier alpha value is -1.84. The van der Waals surface area contributed by atoms with Crippen LogP contribution in [0, 0.1) is 6.92 Å². The number of hydrogen-bond acceptors (Lipinski definition) is 3. The minimum absolute atomic E-state index is 0.0480. The number of ketones is 1. The first-order chi connectivity index (χ1) is 10.5. The molecule has 0 fully saturated rings. The number of fused-ring (bicyclic) bond motifs is 1. The Bertz CT molecular complexity index is 576. The van der Waals surface area contributed by atoms with Gasteiger partial charge in [0.05, 0.1) is 5.56 Å². The van der Waals surface area contributed by atoms with Crippen LogP contribution in [0.3, 0.4) is 0 Å². The average Bonchev–Trinajstić information content (AvgIpc) is 2.80. The Morgan fingerprint density at radius 2 is 2.05 bits per heavy atom. The van der Waals surface area contributed by atoms with Crippen LogP contribution in [-0.2, 0) is 4.79 Å². The molecule has 4 heteroatoms. The minimum Gasteiger partial charge on any atom is -0.483 e. The van der Waals surface area contributed by atoms with Crippen molar-refractivity contribution in [1.29, 1.82) is 0 Å². The number of amides is 1. The molecule has 0 spiro atoms. The summed E-state index contributed by atoms with van der Waals surface area (Å²) in [5.41, 5.74) is 2.85. The van der Waals surface area contributed by atoms with E-state index < -0.39 is 0 Å². The number of benzene rings is 1. The van der Waals surface area contributed by atoms with E-state index >= 15 is 0 Å². The zero-order valence-electron chi connectivity index (χ0n) is 13.9. The molecule has 22 heavy (non-hydrogen) atoms. The molecule has 0 heterocycles. The van der Waals surface area contributed by atoms with Gasteiger partial charge in [-0.25, -0.2) is 0 Å². The molecule has 0 saturated heterocycles. The molecule has 1 aromatic rings. The highest BCUT2D eigenvalue weighted by atomic mass is 16.5. The lowest BCUT2D eigenvalue weighted by atomic mass is 9.97. The molecule has 0 aromatic heterocycles. The van der Waals surface area contributed by atoms with Crippen molar-refractivity contribution in [2.45, 2.75) is 58.9 Å². The van der Waals surface area contributed by atoms with E-state index in [9.17, 15) is 9.59 Å². The quantitative estimate of drug-likeness (QED) is 0.876. The van der Waals surface area contributed by atoms with Crippen molar-refractivity contribution < 1.29 is 14.3 Å². The summed E-state index contributed by atoms with van der Waals surface area (Å²) in [5.74, 6) is 0.738. The molecule has 1 aromatic carbocycles. The van der Waals surface area contributed by atoms with Gasteiger partial charge < -0.3 is 10.1 Å². The lowest BCUT2D eigenvalue weighted by Crippen LogP contribution is -2.37. The van der Waals surface area contributed by atoms with Crippen LogP contribution in [0.15, 0.2) is 12.1 Å². The monoisotopic (exact) mass is 303 g/mol. The fourth-order valence-corrected chi connectivity index (χ4v) is 3.13. The van der Waals surface area contributed by atoms with E-state index in [2.05, 4.69) is 12.2 Å². The molecule has 120 valence electrons. The maximum atomic E-state index is 12.2. The number of aryl methyl sites for hydroxylation is 1. The van der Waals surface area contributed by atoms with Gasteiger partial charge in [-0.1, -0.05) is 26.8 Å². The van der Waals surface area contributed by atoms with E-state index in [1.54, 1.807) is 6.07 Å². The second kappa shape index (κ2) is 6.95. The third kappa shape index (κ3) is 3.32. The number of carbonyl (C=O) groups excluding carboxylic acids is 2. The normalized spacial score (nSPS) is 16.8. The van der Waals surface area contributed by atoms with Crippen LogP contribution >= 0.6 is 0 Å². The van der Waals surface area contributed by atoms with Gasteiger partial charge in [-0.3, -0.25) is 9.59 Å². The Kier molecular flexibility index (Phi) is 5.22. The third-order valence-electron chi connectivity index (χ3n) is 4.40. The summed E-state index contributed by atoms with van der Waals surface area (Å²) in [6.45, 7) is 8.11. The van der Waals surface area contributed by atoms with Crippen LogP contribution < -0.4 is 10.1 Å². The lowest BCUT2D eigenvalue weighted by Gasteiger charge is -2.16. The van der Waals surface area contributed by atoms with E-state index in [-0.39, 0.29) is 30.3 Å². The zero-order chi connectivity index (χ0) is 16.3. The van der Waals surface area contributed by atoms with E-state index in [1.165, 1.54) is 0 Å². The molecule has 1 atom stereocenters. The van der Waals surface area contributed by atoms with Crippen LogP contribution in [0.25, 0.3) is 0 Å². The molecule has 1 amide bonds. The predicted octanol–water partition coefficient (Wildman–Crippen LogP) is 3.37. The Balaban J connectivity index is 2.09. The van der Waals surface area contributed by atoms with E-state index in [0.717, 1.165) is 24.0 Å². The molecule has 4 nitrogen and oxygen atoms in total. The highest BCUT2D eigenvalue weighted by molar-refractivity contribution is 6.04. The van der Waals surface area contributed by atoms with Crippen molar-refractivity contribution in [3.8, 4) is 5.75 Å². The number of carbonyl (C=O) groups is 2. The van der Waals surface area contributed by atoms with Crippen molar-refractivity contribution >= 4 is 11.7 Å². The lowest BCUT2D eigenvalue weighted by molar-refractivity contribution is -0.123. The van der Waals surface area contributed by atoms with Gasteiger partial charge in [-0.05, 0) is 42.9 Å². The fraction of sp³-hybridized carbons (Fsp3) is 0.556. The highest BCUT2D eigenvalue weighted by Crippen LogP contribution is 2.40. The molecule has 0 radical (unpaired) electrons. The third-order valence-corrected chi connectivity index (χ3v) is 4.40. The van der Waals surface area contributed by atoms with E-state index in [1.807, 2.05) is 26.8 Å². The van der Waals surface area contributed by atoms with Crippen molar-refractivity contribution in [2.75, 3.05) is 6.61 Å². The molecule has 0 bridgehead atoms. The van der Waals surface area contributed by atoms with Gasteiger partial charge in [0.1, 0.15) is 5.75 Å². The van der Waals surface area contributed by atoms with Crippen molar-refractivity contribution in [1.82, 2.24) is 5.32 Å². The second-order valence-electron chi connectivity index (χ2n) is 6.07. The van der Waals surface area contributed by atoms with Gasteiger partial charge in [-0.15, -0.1) is 0 Å². The molecule has 0 aliphatic heterocycles. The molecule has 1 aliphatic carbocycles. The van der Waals surface area contributed by atoms with Gasteiger partial charge in [0.2, 0.25) is 0 Å². The van der Waals surface area contributed by atoms with E-state index in [0.29, 0.717) is 17.7 Å². The summed E-state index contributed by atoms with van der Waals surface area (Å²) in [5, 5.41) is 2.94. The number of Topliss-reactive ketones (excluding diaryl/α,β-unsaturated/α-hetero) is 1. The van der Waals surface area contributed by atoms with Crippen molar-refractivity contribution in [3.63, 3.8) is 0 Å². The van der Waals surface area contributed by atoms with E-state index in [4.69, 9.17) is 4.74 Å². The maximum Gasteiger partial charge on any atom is 0.258 e. The molecule has 0 saturated carbocycles. The van der Waals surface area contributed by atoms with Crippen molar-refractivity contribution in [3.05, 3.63) is 28.8 Å². The number of rotatable bonds is 6. The number of ether oxygens (including phenoxy) is 1. The SMILES string of the molecule is CCC(CC)NC(=O)COc1ccc(C)c2c1C(=O)CC2C. The maximum absolute atomic E-state index is 12.2.